The van der Waals surface area contributed by atoms with Gasteiger partial charge in [0.15, 0.2) is 5.82 Å². The summed E-state index contributed by atoms with van der Waals surface area (Å²) in [4.78, 5) is 3.51. The lowest BCUT2D eigenvalue weighted by Crippen LogP contribution is -2.16. The molecule has 0 fully saturated rings. The fraction of sp³-hybridized carbons (Fsp3) is 0.0833. The average molecular weight is 319 g/mol. The Labute approximate surface area is 119 Å². The van der Waals surface area contributed by atoms with Crippen LogP contribution in [-0.2, 0) is 15.8 Å². The Kier molecular flexibility index (Phi) is 4.20. The highest BCUT2D eigenvalue weighted by atomic mass is 35.5. The van der Waals surface area contributed by atoms with E-state index in [-0.39, 0.29) is 10.7 Å². The van der Waals surface area contributed by atoms with E-state index in [9.17, 15) is 17.2 Å². The van der Waals surface area contributed by atoms with Crippen LogP contribution in [0.1, 0.15) is 5.56 Å². The maximum atomic E-state index is 13.3. The topological polar surface area (TPSA) is 59.1 Å². The van der Waals surface area contributed by atoms with Crippen molar-refractivity contribution in [2.45, 2.75) is 5.75 Å². The summed E-state index contributed by atoms with van der Waals surface area (Å²) < 4.78 is 52.1. The first kappa shape index (κ1) is 14.7. The lowest BCUT2D eigenvalue weighted by atomic mass is 10.2. The van der Waals surface area contributed by atoms with E-state index in [0.717, 1.165) is 12.3 Å². The number of rotatable bonds is 4. The fourth-order valence-corrected chi connectivity index (χ4v) is 2.90. The summed E-state index contributed by atoms with van der Waals surface area (Å²) in [6.45, 7) is 0. The summed E-state index contributed by atoms with van der Waals surface area (Å²) in [5.74, 6) is -1.87. The Morgan fingerprint density at radius 3 is 2.60 bits per heavy atom. The molecule has 0 unspecified atom stereocenters. The summed E-state index contributed by atoms with van der Waals surface area (Å²) in [6.07, 6.45) is 2.16. The van der Waals surface area contributed by atoms with E-state index >= 15 is 0 Å². The first-order chi connectivity index (χ1) is 9.37. The van der Waals surface area contributed by atoms with Crippen molar-refractivity contribution in [3.05, 3.63) is 58.9 Å². The number of hydrogen-bond donors (Lipinski definition) is 1. The Balaban J connectivity index is 2.19. The summed E-state index contributed by atoms with van der Waals surface area (Å²) in [7, 11) is -3.84. The number of hydrogen-bond acceptors (Lipinski definition) is 3. The highest BCUT2D eigenvalue weighted by molar-refractivity contribution is 7.91. The molecule has 0 spiro atoms. The van der Waals surface area contributed by atoms with Gasteiger partial charge in [-0.25, -0.2) is 17.2 Å². The zero-order valence-electron chi connectivity index (χ0n) is 9.98. The van der Waals surface area contributed by atoms with Crippen molar-refractivity contribution in [3.8, 4) is 0 Å². The van der Waals surface area contributed by atoms with Crippen molar-refractivity contribution in [1.82, 2.24) is 4.98 Å². The van der Waals surface area contributed by atoms with Gasteiger partial charge in [-0.05, 0) is 23.8 Å². The SMILES string of the molecule is O=S(=O)(Cc1ccc(F)c(Cl)c1)Nc1ccncc1F. The summed E-state index contributed by atoms with van der Waals surface area (Å²) in [6, 6.07) is 4.77. The van der Waals surface area contributed by atoms with E-state index in [1.807, 2.05) is 0 Å². The molecule has 0 bridgehead atoms. The van der Waals surface area contributed by atoms with Crippen LogP contribution in [0.3, 0.4) is 0 Å². The van der Waals surface area contributed by atoms with Crippen LogP contribution in [0.4, 0.5) is 14.5 Å². The Morgan fingerprint density at radius 1 is 1.20 bits per heavy atom. The third-order valence-electron chi connectivity index (χ3n) is 2.38. The van der Waals surface area contributed by atoms with Crippen LogP contribution in [0.5, 0.6) is 0 Å². The number of sulfonamides is 1. The molecular formula is C12H9ClF2N2O2S. The zero-order valence-corrected chi connectivity index (χ0v) is 11.5. The third-order valence-corrected chi connectivity index (χ3v) is 3.91. The third kappa shape index (κ3) is 3.64. The van der Waals surface area contributed by atoms with Crippen LogP contribution >= 0.6 is 11.6 Å². The Morgan fingerprint density at radius 2 is 1.95 bits per heavy atom. The molecule has 1 N–H and O–H groups in total. The predicted octanol–water partition coefficient (Wildman–Crippen LogP) is 2.96. The van der Waals surface area contributed by atoms with E-state index in [1.165, 1.54) is 24.4 Å². The van der Waals surface area contributed by atoms with Crippen molar-refractivity contribution in [1.29, 1.82) is 0 Å². The van der Waals surface area contributed by atoms with Crippen LogP contribution in [0.15, 0.2) is 36.7 Å². The van der Waals surface area contributed by atoms with Gasteiger partial charge in [0.2, 0.25) is 10.0 Å². The van der Waals surface area contributed by atoms with E-state index in [4.69, 9.17) is 11.6 Å². The van der Waals surface area contributed by atoms with Gasteiger partial charge in [0, 0.05) is 6.20 Å². The molecule has 1 heterocycles. The fourth-order valence-electron chi connectivity index (χ4n) is 1.51. The molecule has 0 radical (unpaired) electrons. The minimum Gasteiger partial charge on any atom is -0.280 e. The molecule has 106 valence electrons. The molecule has 1 aromatic heterocycles. The number of nitrogens with zero attached hydrogens (tertiary/aromatic N) is 1. The van der Waals surface area contributed by atoms with Crippen molar-refractivity contribution in [2.24, 2.45) is 0 Å². The van der Waals surface area contributed by atoms with Crippen LogP contribution < -0.4 is 4.72 Å². The van der Waals surface area contributed by atoms with Gasteiger partial charge in [-0.15, -0.1) is 0 Å². The number of benzene rings is 1. The maximum Gasteiger partial charge on any atom is 0.237 e. The molecule has 2 rings (SSSR count). The van der Waals surface area contributed by atoms with E-state index in [1.54, 1.807) is 0 Å². The van der Waals surface area contributed by atoms with E-state index in [2.05, 4.69) is 9.71 Å². The first-order valence-corrected chi connectivity index (χ1v) is 7.44. The van der Waals surface area contributed by atoms with Gasteiger partial charge in [0.1, 0.15) is 5.82 Å². The van der Waals surface area contributed by atoms with Gasteiger partial charge < -0.3 is 0 Å². The number of anilines is 1. The largest absolute Gasteiger partial charge is 0.280 e. The zero-order chi connectivity index (χ0) is 14.8. The first-order valence-electron chi connectivity index (χ1n) is 5.41. The molecule has 1 aromatic carbocycles. The van der Waals surface area contributed by atoms with Crippen molar-refractivity contribution >= 4 is 27.3 Å². The standard InChI is InChI=1S/C12H9ClF2N2O2S/c13-9-5-8(1-2-10(9)14)7-20(18,19)17-12-3-4-16-6-11(12)15/h1-6H,7H2,(H,16,17). The lowest BCUT2D eigenvalue weighted by Gasteiger charge is -2.09. The van der Waals surface area contributed by atoms with E-state index in [0.29, 0.717) is 5.56 Å². The van der Waals surface area contributed by atoms with Gasteiger partial charge in [0.05, 0.1) is 22.7 Å². The second-order valence-corrected chi connectivity index (χ2v) is 6.09. The van der Waals surface area contributed by atoms with Gasteiger partial charge in [0.25, 0.3) is 0 Å². The molecule has 8 heteroatoms. The molecule has 0 amide bonds. The number of aromatic nitrogens is 1. The smallest absolute Gasteiger partial charge is 0.237 e. The van der Waals surface area contributed by atoms with Gasteiger partial charge in [-0.1, -0.05) is 17.7 Å². The maximum absolute atomic E-state index is 13.3. The summed E-state index contributed by atoms with van der Waals surface area (Å²) in [5, 5.41) is -0.173. The molecule has 0 saturated carbocycles. The average Bonchev–Trinajstić information content (AvgIpc) is 2.36. The Hall–Kier alpha value is -1.73. The molecular weight excluding hydrogens is 310 g/mol. The van der Waals surface area contributed by atoms with Crippen LogP contribution in [0.2, 0.25) is 5.02 Å². The molecule has 2 aromatic rings. The number of halogens is 3. The predicted molar refractivity (Wildman–Crippen MR) is 71.9 cm³/mol. The second-order valence-electron chi connectivity index (χ2n) is 3.97. The monoisotopic (exact) mass is 318 g/mol. The molecule has 0 atom stereocenters. The Bertz CT molecular complexity index is 738. The second kappa shape index (κ2) is 5.72. The lowest BCUT2D eigenvalue weighted by molar-refractivity contribution is 0.597. The van der Waals surface area contributed by atoms with Gasteiger partial charge in [-0.2, -0.15) is 0 Å². The minimum atomic E-state index is -3.84. The molecule has 0 aliphatic carbocycles. The minimum absolute atomic E-state index is 0.173. The molecule has 4 nitrogen and oxygen atoms in total. The molecule has 0 saturated heterocycles. The van der Waals surface area contributed by atoms with E-state index < -0.39 is 27.4 Å². The van der Waals surface area contributed by atoms with Crippen LogP contribution in [-0.4, -0.2) is 13.4 Å². The molecule has 0 aliphatic rings. The quantitative estimate of drug-likeness (QED) is 0.943. The van der Waals surface area contributed by atoms with Crippen molar-refractivity contribution in [2.75, 3.05) is 4.72 Å². The number of nitrogens with one attached hydrogen (secondary N) is 1. The van der Waals surface area contributed by atoms with Crippen molar-refractivity contribution in [3.63, 3.8) is 0 Å². The van der Waals surface area contributed by atoms with Gasteiger partial charge in [-0.3, -0.25) is 9.71 Å². The highest BCUT2D eigenvalue weighted by Gasteiger charge is 2.15. The van der Waals surface area contributed by atoms with Crippen molar-refractivity contribution < 1.29 is 17.2 Å². The van der Waals surface area contributed by atoms with Gasteiger partial charge >= 0.3 is 0 Å². The van der Waals surface area contributed by atoms with Crippen LogP contribution in [0.25, 0.3) is 0 Å². The highest BCUT2D eigenvalue weighted by Crippen LogP contribution is 2.19. The summed E-state index contributed by atoms with van der Waals surface area (Å²) >= 11 is 5.57. The summed E-state index contributed by atoms with van der Waals surface area (Å²) in [5.41, 5.74) is 0.0894. The molecule has 0 aliphatic heterocycles. The van der Waals surface area contributed by atoms with Crippen LogP contribution in [0, 0.1) is 11.6 Å². The molecule has 20 heavy (non-hydrogen) atoms. The normalized spacial score (nSPS) is 11.3. The number of pyridine rings is 1.